The van der Waals surface area contributed by atoms with E-state index in [4.69, 9.17) is 59.3 Å². The molecule has 0 aliphatic rings. The molecule has 33 heavy (non-hydrogen) atoms. The predicted octanol–water partition coefficient (Wildman–Crippen LogP) is -3.77. The summed E-state index contributed by atoms with van der Waals surface area (Å²) in [6.45, 7) is 0.965. The average Bonchev–Trinajstić information content (AvgIpc) is 2.68. The fraction of sp³-hybridized carbons (Fsp3) is 0.625. The molecular weight excluding hydrogens is 448 g/mol. The van der Waals surface area contributed by atoms with E-state index in [1.165, 1.54) is 0 Å². The monoisotopic (exact) mass is 482 g/mol. The van der Waals surface area contributed by atoms with Crippen LogP contribution in [0.15, 0.2) is 0 Å². The maximum atomic E-state index is 10.2. The van der Waals surface area contributed by atoms with E-state index in [9.17, 15) is 19.2 Å². The van der Waals surface area contributed by atoms with Crippen molar-refractivity contribution < 1.29 is 44.7 Å². The Morgan fingerprint density at radius 2 is 1.06 bits per heavy atom. The summed E-state index contributed by atoms with van der Waals surface area (Å²) in [5, 5.41) is 59.6. The molecular formula is C16H34N8O9. The van der Waals surface area contributed by atoms with E-state index in [-0.39, 0.29) is 11.9 Å². The van der Waals surface area contributed by atoms with Crippen molar-refractivity contribution in [3.63, 3.8) is 0 Å². The molecule has 17 heteroatoms. The van der Waals surface area contributed by atoms with Crippen LogP contribution in [-0.2, 0) is 19.2 Å². The lowest BCUT2D eigenvalue weighted by Gasteiger charge is -2.06. The lowest BCUT2D eigenvalue weighted by Crippen LogP contribution is -2.34. The van der Waals surface area contributed by atoms with Crippen LogP contribution in [0, 0.1) is 10.8 Å². The fourth-order valence-corrected chi connectivity index (χ4v) is 1.59. The normalized spacial score (nSPS) is 12.2. The predicted molar refractivity (Wildman–Crippen MR) is 115 cm³/mol. The van der Waals surface area contributed by atoms with E-state index in [1.54, 1.807) is 0 Å². The minimum atomic E-state index is -1.79. The Hall–Kier alpha value is -3.70. The molecule has 0 saturated carbocycles. The molecule has 0 aromatic carbocycles. The van der Waals surface area contributed by atoms with Crippen molar-refractivity contribution in [2.75, 3.05) is 13.1 Å². The number of carboxylic acid groups (broad SMARTS) is 4. The summed E-state index contributed by atoms with van der Waals surface area (Å²) in [4.78, 5) is 39.8. The molecule has 17 N–H and O–H groups in total. The van der Waals surface area contributed by atoms with Gasteiger partial charge in [-0.25, -0.2) is 4.79 Å². The quantitative estimate of drug-likeness (QED) is 0.0680. The molecule has 3 atom stereocenters. The molecule has 0 fully saturated rings. The van der Waals surface area contributed by atoms with E-state index < -0.39 is 48.5 Å². The Balaban J connectivity index is -0.000000414. The van der Waals surface area contributed by atoms with E-state index in [2.05, 4.69) is 10.6 Å². The molecule has 0 saturated heterocycles. The number of rotatable bonds is 13. The summed E-state index contributed by atoms with van der Waals surface area (Å²) in [5.41, 5.74) is 20.4. The number of hydrogen-bond acceptors (Lipinski definition) is 9. The number of carbonyl (C=O) groups is 4. The van der Waals surface area contributed by atoms with Crippen LogP contribution in [0.3, 0.4) is 0 Å². The van der Waals surface area contributed by atoms with Gasteiger partial charge in [-0.05, 0) is 25.7 Å². The van der Waals surface area contributed by atoms with Crippen molar-refractivity contribution in [2.24, 2.45) is 22.9 Å². The number of nitrogens with one attached hydrogen (secondary N) is 4. The second kappa shape index (κ2) is 20.2. The molecule has 0 aromatic rings. The number of hydrogen-bond donors (Lipinski definition) is 13. The zero-order valence-electron chi connectivity index (χ0n) is 17.9. The molecule has 0 amide bonds. The number of aliphatic hydroxyl groups is 1. The third kappa shape index (κ3) is 28.3. The maximum Gasteiger partial charge on any atom is 0.333 e. The van der Waals surface area contributed by atoms with Gasteiger partial charge in [-0.3, -0.25) is 25.2 Å². The van der Waals surface area contributed by atoms with Gasteiger partial charge in [-0.2, -0.15) is 0 Å². The first-order valence-corrected chi connectivity index (χ1v) is 9.36. The van der Waals surface area contributed by atoms with Crippen molar-refractivity contribution in [3.8, 4) is 0 Å². The molecule has 192 valence electrons. The second-order valence-corrected chi connectivity index (χ2v) is 6.31. The van der Waals surface area contributed by atoms with Gasteiger partial charge in [0, 0.05) is 13.1 Å². The third-order valence-corrected chi connectivity index (χ3v) is 3.30. The zero-order chi connectivity index (χ0) is 26.6. The standard InChI is InChI=1S/2C6H14N4O2.C4H6O5/c2*7-4(5(11)12)2-1-3-10-6(8)9;5-2(4(8)9)1-3(6)7/h2*4H,1-3,7H2,(H,11,12)(H4,8,9,10);2,5H,1H2,(H,6,7)(H,8,9). The van der Waals surface area contributed by atoms with Crippen LogP contribution in [-0.4, -0.2) is 92.6 Å². The number of aliphatic hydroxyl groups excluding tert-OH is 1. The molecule has 0 aromatic heterocycles. The van der Waals surface area contributed by atoms with E-state index in [0.717, 1.165) is 0 Å². The molecule has 0 heterocycles. The first-order valence-electron chi connectivity index (χ1n) is 9.36. The van der Waals surface area contributed by atoms with Crippen molar-refractivity contribution in [1.29, 1.82) is 10.8 Å². The summed E-state index contributed by atoms with van der Waals surface area (Å²) < 4.78 is 0. The van der Waals surface area contributed by atoms with Gasteiger partial charge < -0.3 is 59.1 Å². The Morgan fingerprint density at radius 3 is 1.24 bits per heavy atom. The van der Waals surface area contributed by atoms with Gasteiger partial charge in [0.15, 0.2) is 18.0 Å². The van der Waals surface area contributed by atoms with Crippen LogP contribution >= 0.6 is 0 Å². The lowest BCUT2D eigenvalue weighted by molar-refractivity contribution is -0.152. The average molecular weight is 482 g/mol. The molecule has 3 unspecified atom stereocenters. The summed E-state index contributed by atoms with van der Waals surface area (Å²) in [7, 11) is 0. The Bertz CT molecular complexity index is 609. The van der Waals surface area contributed by atoms with Gasteiger partial charge in [0.05, 0.1) is 6.42 Å². The summed E-state index contributed by atoms with van der Waals surface area (Å²) >= 11 is 0. The molecule has 0 spiro atoms. The Kier molecular flexibility index (Phi) is 20.8. The first kappa shape index (κ1) is 33.9. The molecule has 0 radical (unpaired) electrons. The highest BCUT2D eigenvalue weighted by atomic mass is 16.4. The Labute approximate surface area is 189 Å². The largest absolute Gasteiger partial charge is 0.481 e. The van der Waals surface area contributed by atoms with Gasteiger partial charge in [-0.1, -0.05) is 0 Å². The van der Waals surface area contributed by atoms with Crippen molar-refractivity contribution in [3.05, 3.63) is 0 Å². The van der Waals surface area contributed by atoms with Crippen LogP contribution in [0.5, 0.6) is 0 Å². The summed E-state index contributed by atoms with van der Waals surface area (Å²) in [6.07, 6.45) is -0.594. The number of aliphatic carboxylic acids is 4. The first-order chi connectivity index (χ1) is 15.1. The van der Waals surface area contributed by atoms with Crippen molar-refractivity contribution in [1.82, 2.24) is 10.6 Å². The highest BCUT2D eigenvalue weighted by Crippen LogP contribution is 1.93. The van der Waals surface area contributed by atoms with Gasteiger partial charge in [0.2, 0.25) is 0 Å². The van der Waals surface area contributed by atoms with Gasteiger partial charge in [0.25, 0.3) is 0 Å². The van der Waals surface area contributed by atoms with Crippen LogP contribution in [0.25, 0.3) is 0 Å². The van der Waals surface area contributed by atoms with Crippen molar-refractivity contribution >= 4 is 35.8 Å². The highest BCUT2D eigenvalue weighted by Gasteiger charge is 2.16. The maximum absolute atomic E-state index is 10.2. The van der Waals surface area contributed by atoms with E-state index in [1.807, 2.05) is 0 Å². The minimum Gasteiger partial charge on any atom is -0.481 e. The van der Waals surface area contributed by atoms with E-state index >= 15 is 0 Å². The molecule has 0 bridgehead atoms. The smallest absolute Gasteiger partial charge is 0.333 e. The number of carboxylic acids is 4. The second-order valence-electron chi connectivity index (χ2n) is 6.31. The summed E-state index contributed by atoms with van der Waals surface area (Å²) in [6, 6.07) is -1.64. The van der Waals surface area contributed by atoms with Crippen LogP contribution < -0.4 is 33.6 Å². The minimum absolute atomic E-state index is 0.112. The highest BCUT2D eigenvalue weighted by molar-refractivity contribution is 5.79. The Morgan fingerprint density at radius 1 is 0.727 bits per heavy atom. The molecule has 17 nitrogen and oxygen atoms in total. The lowest BCUT2D eigenvalue weighted by atomic mass is 10.2. The third-order valence-electron chi connectivity index (χ3n) is 3.30. The van der Waals surface area contributed by atoms with Gasteiger partial charge in [0.1, 0.15) is 12.1 Å². The topological polar surface area (TPSA) is 345 Å². The van der Waals surface area contributed by atoms with Crippen LogP contribution in [0.4, 0.5) is 0 Å². The van der Waals surface area contributed by atoms with Crippen LogP contribution in [0.1, 0.15) is 32.1 Å². The zero-order valence-corrected chi connectivity index (χ0v) is 17.9. The molecule has 0 rings (SSSR count). The SMILES string of the molecule is N=C(N)NCCCC(N)C(=O)O.N=C(N)NCCCC(N)C(=O)O.O=C(O)CC(O)C(=O)O. The van der Waals surface area contributed by atoms with Crippen LogP contribution in [0.2, 0.25) is 0 Å². The van der Waals surface area contributed by atoms with Gasteiger partial charge >= 0.3 is 23.9 Å². The number of guanidine groups is 2. The number of nitrogens with two attached hydrogens (primary N) is 4. The van der Waals surface area contributed by atoms with Gasteiger partial charge in [-0.15, -0.1) is 0 Å². The summed E-state index contributed by atoms with van der Waals surface area (Å²) in [5.74, 6) is -5.07. The molecule has 0 aliphatic carbocycles. The molecule has 0 aliphatic heterocycles. The fourth-order valence-electron chi connectivity index (χ4n) is 1.59. The van der Waals surface area contributed by atoms with E-state index in [0.29, 0.717) is 38.8 Å². The van der Waals surface area contributed by atoms with Crippen molar-refractivity contribution in [2.45, 2.75) is 50.3 Å².